The van der Waals surface area contributed by atoms with Crippen LogP contribution in [0.1, 0.15) is 61.0 Å². The molecular formula is C19H32BNO4S. The van der Waals surface area contributed by atoms with E-state index in [1.807, 2.05) is 65.8 Å². The molecule has 1 aliphatic heterocycles. The third-order valence-electron chi connectivity index (χ3n) is 5.55. The van der Waals surface area contributed by atoms with Crippen molar-refractivity contribution in [1.29, 1.82) is 0 Å². The Bertz CT molecular complexity index is 723. The molecule has 1 aromatic carbocycles. The molecule has 1 aliphatic rings. The van der Waals surface area contributed by atoms with Gasteiger partial charge in [-0.1, -0.05) is 38.1 Å². The van der Waals surface area contributed by atoms with Gasteiger partial charge in [0, 0.05) is 12.0 Å². The summed E-state index contributed by atoms with van der Waals surface area (Å²) in [6, 6.07) is 8.03. The van der Waals surface area contributed by atoms with Crippen molar-refractivity contribution in [3.05, 3.63) is 29.8 Å². The largest absolute Gasteiger partial charge is 0.494 e. The highest BCUT2D eigenvalue weighted by molar-refractivity contribution is 7.90. The summed E-state index contributed by atoms with van der Waals surface area (Å²) in [5, 5.41) is -0.441. The molecule has 1 N–H and O–H groups in total. The van der Waals surface area contributed by atoms with E-state index in [-0.39, 0.29) is 16.6 Å². The van der Waals surface area contributed by atoms with Gasteiger partial charge in [-0.3, -0.25) is 0 Å². The second-order valence-corrected chi connectivity index (χ2v) is 11.3. The molecule has 7 heteroatoms. The van der Waals surface area contributed by atoms with Gasteiger partial charge in [-0.15, -0.1) is 0 Å². The minimum absolute atomic E-state index is 0.323. The first-order chi connectivity index (χ1) is 11.7. The summed E-state index contributed by atoms with van der Waals surface area (Å²) < 4.78 is 38.9. The first kappa shape index (κ1) is 21.4. The Morgan fingerprint density at radius 1 is 1.04 bits per heavy atom. The van der Waals surface area contributed by atoms with Crippen molar-refractivity contribution in [2.24, 2.45) is 0 Å². The molecule has 0 aliphatic carbocycles. The van der Waals surface area contributed by atoms with Crippen LogP contribution >= 0.6 is 0 Å². The van der Waals surface area contributed by atoms with E-state index in [0.717, 1.165) is 11.0 Å². The van der Waals surface area contributed by atoms with Gasteiger partial charge in [-0.05, 0) is 52.6 Å². The minimum atomic E-state index is -3.28. The van der Waals surface area contributed by atoms with Crippen molar-refractivity contribution in [3.63, 3.8) is 0 Å². The second-order valence-electron chi connectivity index (χ2n) is 9.01. The molecule has 1 heterocycles. The lowest BCUT2D eigenvalue weighted by Crippen LogP contribution is -2.41. The maximum Gasteiger partial charge on any atom is 0.494 e. The van der Waals surface area contributed by atoms with E-state index in [1.165, 1.54) is 0 Å². The zero-order valence-electron chi connectivity index (χ0n) is 17.2. The molecule has 0 aromatic heterocycles. The fraction of sp³-hybridized carbons (Fsp3) is 0.684. The smallest absolute Gasteiger partial charge is 0.399 e. The Labute approximate surface area is 159 Å². The first-order valence-corrected chi connectivity index (χ1v) is 10.7. The molecule has 1 aromatic rings. The van der Waals surface area contributed by atoms with Crippen LogP contribution in [0.2, 0.25) is 0 Å². The van der Waals surface area contributed by atoms with Gasteiger partial charge in [0.25, 0.3) is 0 Å². The quantitative estimate of drug-likeness (QED) is 0.770. The molecule has 146 valence electrons. The summed E-state index contributed by atoms with van der Waals surface area (Å²) in [6.07, 6.45) is 0. The van der Waals surface area contributed by atoms with Gasteiger partial charge in [-0.2, -0.15) is 0 Å². The highest BCUT2D eigenvalue weighted by atomic mass is 32.2. The van der Waals surface area contributed by atoms with Crippen molar-refractivity contribution < 1.29 is 17.7 Å². The van der Waals surface area contributed by atoms with Crippen LogP contribution in [-0.2, 0) is 24.7 Å². The highest BCUT2D eigenvalue weighted by Gasteiger charge is 2.51. The lowest BCUT2D eigenvalue weighted by atomic mass is 9.76. The van der Waals surface area contributed by atoms with E-state index >= 15 is 0 Å². The molecule has 0 spiro atoms. The monoisotopic (exact) mass is 381 g/mol. The van der Waals surface area contributed by atoms with Crippen LogP contribution in [-0.4, -0.2) is 38.5 Å². The Hall–Kier alpha value is -0.885. The topological polar surface area (TPSA) is 64.6 Å². The fourth-order valence-corrected chi connectivity index (χ4v) is 3.52. The number of hydrogen-bond acceptors (Lipinski definition) is 4. The van der Waals surface area contributed by atoms with Crippen LogP contribution in [0.15, 0.2) is 24.3 Å². The van der Waals surface area contributed by atoms with Gasteiger partial charge in [0.2, 0.25) is 10.0 Å². The summed E-state index contributed by atoms with van der Waals surface area (Å²) in [7, 11) is -3.67. The number of hydrogen-bond donors (Lipinski definition) is 1. The lowest BCUT2D eigenvalue weighted by molar-refractivity contribution is 0.00578. The summed E-state index contributed by atoms with van der Waals surface area (Å²) in [5.74, 6) is 0. The number of rotatable bonds is 6. The van der Waals surface area contributed by atoms with Gasteiger partial charge in [0.05, 0.1) is 16.5 Å². The Morgan fingerprint density at radius 2 is 1.50 bits per heavy atom. The van der Waals surface area contributed by atoms with Crippen molar-refractivity contribution in [2.45, 2.75) is 77.3 Å². The van der Waals surface area contributed by atoms with Crippen LogP contribution < -0.4 is 10.2 Å². The number of sulfonamides is 1. The standard InChI is InChI=1S/C19H32BNO4S/c1-14(2)26(22,23)21-13-17(3,4)15-9-11-16(12-10-15)20-24-18(5,6)19(7,8)25-20/h9-12,14,21H,13H2,1-8H3. The van der Waals surface area contributed by atoms with Crippen LogP contribution in [0.4, 0.5) is 0 Å². The van der Waals surface area contributed by atoms with Crippen LogP contribution in [0.5, 0.6) is 0 Å². The van der Waals surface area contributed by atoms with Crippen molar-refractivity contribution in [2.75, 3.05) is 6.54 Å². The fourth-order valence-electron chi connectivity index (χ4n) is 2.62. The maximum absolute atomic E-state index is 12.0. The van der Waals surface area contributed by atoms with E-state index in [1.54, 1.807) is 13.8 Å². The zero-order chi connectivity index (χ0) is 20.0. The Morgan fingerprint density at radius 3 is 1.92 bits per heavy atom. The third-order valence-corrected chi connectivity index (χ3v) is 7.34. The highest BCUT2D eigenvalue weighted by Crippen LogP contribution is 2.36. The van der Waals surface area contributed by atoms with Gasteiger partial charge >= 0.3 is 7.12 Å². The molecule has 0 atom stereocenters. The molecule has 0 radical (unpaired) electrons. The molecule has 2 rings (SSSR count). The summed E-state index contributed by atoms with van der Waals surface area (Å²) in [6.45, 7) is 15.9. The second kappa shape index (κ2) is 6.93. The van der Waals surface area contributed by atoms with E-state index < -0.39 is 22.4 Å². The number of nitrogens with one attached hydrogen (secondary N) is 1. The minimum Gasteiger partial charge on any atom is -0.399 e. The van der Waals surface area contributed by atoms with Crippen molar-refractivity contribution >= 4 is 22.6 Å². The average Bonchev–Trinajstić information content (AvgIpc) is 2.74. The van der Waals surface area contributed by atoms with Crippen LogP contribution in [0.3, 0.4) is 0 Å². The van der Waals surface area contributed by atoms with Gasteiger partial charge < -0.3 is 9.31 Å². The molecule has 0 saturated carbocycles. The first-order valence-electron chi connectivity index (χ1n) is 9.12. The van der Waals surface area contributed by atoms with E-state index in [0.29, 0.717) is 6.54 Å². The van der Waals surface area contributed by atoms with E-state index in [4.69, 9.17) is 9.31 Å². The molecule has 0 amide bonds. The molecule has 26 heavy (non-hydrogen) atoms. The molecule has 5 nitrogen and oxygen atoms in total. The summed E-state index contributed by atoms with van der Waals surface area (Å²) in [5.41, 5.74) is 0.960. The number of benzene rings is 1. The van der Waals surface area contributed by atoms with Crippen LogP contribution in [0.25, 0.3) is 0 Å². The molecular weight excluding hydrogens is 349 g/mol. The normalized spacial score (nSPS) is 20.0. The summed E-state index contributed by atoms with van der Waals surface area (Å²) in [4.78, 5) is 0. The zero-order valence-corrected chi connectivity index (χ0v) is 18.0. The molecule has 1 saturated heterocycles. The molecule has 1 fully saturated rings. The van der Waals surface area contributed by atoms with Gasteiger partial charge in [0.15, 0.2) is 0 Å². The SMILES string of the molecule is CC(C)S(=O)(=O)NCC(C)(C)c1ccc(B2OC(C)(C)C(C)(C)O2)cc1. The Balaban J connectivity index is 2.12. The molecule has 0 bridgehead atoms. The van der Waals surface area contributed by atoms with E-state index in [2.05, 4.69) is 4.72 Å². The van der Waals surface area contributed by atoms with Gasteiger partial charge in [-0.25, -0.2) is 13.1 Å². The van der Waals surface area contributed by atoms with Crippen LogP contribution in [0, 0.1) is 0 Å². The van der Waals surface area contributed by atoms with Crippen molar-refractivity contribution in [3.8, 4) is 0 Å². The summed E-state index contributed by atoms with van der Waals surface area (Å²) >= 11 is 0. The average molecular weight is 381 g/mol. The predicted molar refractivity (Wildman–Crippen MR) is 107 cm³/mol. The van der Waals surface area contributed by atoms with E-state index in [9.17, 15) is 8.42 Å². The van der Waals surface area contributed by atoms with Gasteiger partial charge in [0.1, 0.15) is 0 Å². The predicted octanol–water partition coefficient (Wildman–Crippen LogP) is 2.59. The molecule has 0 unspecified atom stereocenters. The third kappa shape index (κ3) is 4.33. The Kier molecular flexibility index (Phi) is 5.71. The lowest BCUT2D eigenvalue weighted by Gasteiger charge is -2.32. The maximum atomic E-state index is 12.0. The van der Waals surface area contributed by atoms with Crippen molar-refractivity contribution in [1.82, 2.24) is 4.72 Å².